The topological polar surface area (TPSA) is 65.2 Å². The maximum absolute atomic E-state index is 11.5. The molecule has 0 aromatic carbocycles. The molecule has 0 saturated heterocycles. The van der Waals surface area contributed by atoms with Gasteiger partial charge >= 0.3 is 5.97 Å². The summed E-state index contributed by atoms with van der Waals surface area (Å²) in [5.74, 6) is 0.721. The Kier molecular flexibility index (Phi) is 3.54. The number of aromatic nitrogens is 2. The van der Waals surface area contributed by atoms with E-state index in [4.69, 9.17) is 9.26 Å². The van der Waals surface area contributed by atoms with Gasteiger partial charge in [-0.25, -0.2) is 0 Å². The molecule has 0 N–H and O–H groups in total. The fraction of sp³-hybridized carbons (Fsp3) is 0.727. The summed E-state index contributed by atoms with van der Waals surface area (Å²) < 4.78 is 10.2. The van der Waals surface area contributed by atoms with Gasteiger partial charge in [0.2, 0.25) is 5.89 Å². The Balaban J connectivity index is 1.81. The molecule has 0 radical (unpaired) electrons. The summed E-state index contributed by atoms with van der Waals surface area (Å²) in [7, 11) is 0. The highest BCUT2D eigenvalue weighted by Gasteiger charge is 2.20. The number of hydrogen-bond acceptors (Lipinski definition) is 5. The molecule has 5 heteroatoms. The van der Waals surface area contributed by atoms with Crippen molar-refractivity contribution >= 4 is 5.97 Å². The Morgan fingerprint density at radius 3 is 2.88 bits per heavy atom. The Morgan fingerprint density at radius 2 is 2.25 bits per heavy atom. The van der Waals surface area contributed by atoms with Gasteiger partial charge in [0.05, 0.1) is 0 Å². The number of carbonyl (C=O) groups excluding carboxylic acids is 1. The van der Waals surface area contributed by atoms with Crippen molar-refractivity contribution in [2.45, 2.75) is 51.6 Å². The van der Waals surface area contributed by atoms with Gasteiger partial charge in [-0.05, 0) is 25.7 Å². The molecule has 0 atom stereocenters. The van der Waals surface area contributed by atoms with Crippen molar-refractivity contribution < 1.29 is 14.1 Å². The van der Waals surface area contributed by atoms with Crippen molar-refractivity contribution in [1.82, 2.24) is 10.1 Å². The van der Waals surface area contributed by atoms with E-state index < -0.39 is 0 Å². The van der Waals surface area contributed by atoms with Crippen molar-refractivity contribution in [2.24, 2.45) is 0 Å². The molecule has 1 aromatic heterocycles. The second kappa shape index (κ2) is 5.09. The quantitative estimate of drug-likeness (QED) is 0.728. The van der Waals surface area contributed by atoms with Gasteiger partial charge in [0.25, 0.3) is 0 Å². The molecule has 2 rings (SSSR count). The van der Waals surface area contributed by atoms with Crippen LogP contribution in [0.2, 0.25) is 0 Å². The van der Waals surface area contributed by atoms with Crippen LogP contribution in [0.5, 0.6) is 0 Å². The molecular weight excluding hydrogens is 208 g/mol. The molecule has 1 heterocycles. The lowest BCUT2D eigenvalue weighted by Crippen LogP contribution is -2.17. The van der Waals surface area contributed by atoms with E-state index in [1.54, 1.807) is 0 Å². The van der Waals surface area contributed by atoms with Crippen LogP contribution in [0, 0.1) is 0 Å². The van der Waals surface area contributed by atoms with E-state index in [9.17, 15) is 4.79 Å². The van der Waals surface area contributed by atoms with Crippen molar-refractivity contribution in [3.8, 4) is 0 Å². The average molecular weight is 224 g/mol. The van der Waals surface area contributed by atoms with Gasteiger partial charge in [-0.2, -0.15) is 4.98 Å². The molecule has 5 nitrogen and oxygen atoms in total. The van der Waals surface area contributed by atoms with Gasteiger partial charge in [-0.3, -0.25) is 4.79 Å². The zero-order valence-corrected chi connectivity index (χ0v) is 9.44. The van der Waals surface area contributed by atoms with Gasteiger partial charge in [0.15, 0.2) is 5.82 Å². The normalized spacial score (nSPS) is 16.6. The number of hydrogen-bond donors (Lipinski definition) is 0. The molecule has 1 aliphatic rings. The molecule has 1 aliphatic carbocycles. The van der Waals surface area contributed by atoms with Gasteiger partial charge in [-0.15, -0.1) is 0 Å². The fourth-order valence-corrected chi connectivity index (χ4v) is 1.87. The van der Waals surface area contributed by atoms with Crippen LogP contribution >= 0.6 is 0 Å². The van der Waals surface area contributed by atoms with Crippen LogP contribution in [-0.2, 0) is 22.4 Å². The number of carbonyl (C=O) groups is 1. The third-order valence-corrected chi connectivity index (χ3v) is 2.72. The highest BCUT2D eigenvalue weighted by atomic mass is 16.5. The Hall–Kier alpha value is -1.39. The molecule has 0 aliphatic heterocycles. The Bertz CT molecular complexity index is 356. The van der Waals surface area contributed by atoms with Crippen LogP contribution in [0.4, 0.5) is 0 Å². The Morgan fingerprint density at radius 1 is 1.50 bits per heavy atom. The van der Waals surface area contributed by atoms with E-state index in [1.807, 2.05) is 6.92 Å². The first-order valence-electron chi connectivity index (χ1n) is 5.79. The molecule has 16 heavy (non-hydrogen) atoms. The third-order valence-electron chi connectivity index (χ3n) is 2.72. The third kappa shape index (κ3) is 2.81. The van der Waals surface area contributed by atoms with E-state index in [1.165, 1.54) is 0 Å². The summed E-state index contributed by atoms with van der Waals surface area (Å²) in [6, 6.07) is 0. The van der Waals surface area contributed by atoms with Crippen LogP contribution in [0.1, 0.15) is 44.3 Å². The van der Waals surface area contributed by atoms with Crippen molar-refractivity contribution in [1.29, 1.82) is 0 Å². The first-order chi connectivity index (χ1) is 7.78. The SMILES string of the molecule is CCc1nc(CC(=O)OC2CCCC2)no1. The summed E-state index contributed by atoms with van der Waals surface area (Å²) in [6.45, 7) is 1.92. The smallest absolute Gasteiger partial charge is 0.313 e. The number of rotatable bonds is 4. The highest BCUT2D eigenvalue weighted by Crippen LogP contribution is 2.21. The molecule has 1 saturated carbocycles. The van der Waals surface area contributed by atoms with E-state index in [2.05, 4.69) is 10.1 Å². The summed E-state index contributed by atoms with van der Waals surface area (Å²) in [6.07, 6.45) is 5.17. The Labute approximate surface area is 94.2 Å². The summed E-state index contributed by atoms with van der Waals surface area (Å²) in [4.78, 5) is 15.6. The number of esters is 1. The average Bonchev–Trinajstić information content (AvgIpc) is 2.89. The molecular formula is C11H16N2O3. The highest BCUT2D eigenvalue weighted by molar-refractivity contribution is 5.71. The lowest BCUT2D eigenvalue weighted by atomic mass is 10.3. The molecule has 0 unspecified atom stereocenters. The van der Waals surface area contributed by atoms with Crippen LogP contribution in [-0.4, -0.2) is 22.2 Å². The van der Waals surface area contributed by atoms with E-state index in [0.717, 1.165) is 25.7 Å². The standard InChI is InChI=1S/C11H16N2O3/c1-2-10-12-9(13-16-10)7-11(14)15-8-5-3-4-6-8/h8H,2-7H2,1H3. The van der Waals surface area contributed by atoms with Crippen LogP contribution in [0.15, 0.2) is 4.52 Å². The summed E-state index contributed by atoms with van der Waals surface area (Å²) >= 11 is 0. The van der Waals surface area contributed by atoms with Crippen molar-refractivity contribution in [3.63, 3.8) is 0 Å². The van der Waals surface area contributed by atoms with Crippen LogP contribution < -0.4 is 0 Å². The fourth-order valence-electron chi connectivity index (χ4n) is 1.87. The minimum absolute atomic E-state index is 0.102. The zero-order chi connectivity index (χ0) is 11.4. The minimum Gasteiger partial charge on any atom is -0.462 e. The van der Waals surface area contributed by atoms with E-state index >= 15 is 0 Å². The monoisotopic (exact) mass is 224 g/mol. The molecule has 1 aromatic rings. The first-order valence-corrected chi connectivity index (χ1v) is 5.79. The van der Waals surface area contributed by atoms with Gasteiger partial charge in [-0.1, -0.05) is 12.1 Å². The van der Waals surface area contributed by atoms with Gasteiger partial charge in [0.1, 0.15) is 12.5 Å². The largest absolute Gasteiger partial charge is 0.462 e. The lowest BCUT2D eigenvalue weighted by molar-refractivity contribution is -0.148. The molecule has 88 valence electrons. The summed E-state index contributed by atoms with van der Waals surface area (Å²) in [5.41, 5.74) is 0. The second-order valence-electron chi connectivity index (χ2n) is 4.03. The van der Waals surface area contributed by atoms with Gasteiger partial charge < -0.3 is 9.26 Å². The molecule has 1 fully saturated rings. The summed E-state index contributed by atoms with van der Waals surface area (Å²) in [5, 5.41) is 3.71. The zero-order valence-electron chi connectivity index (χ0n) is 9.44. The molecule has 0 spiro atoms. The number of nitrogens with zero attached hydrogens (tertiary/aromatic N) is 2. The minimum atomic E-state index is -0.254. The van der Waals surface area contributed by atoms with E-state index in [0.29, 0.717) is 18.1 Å². The van der Waals surface area contributed by atoms with Crippen molar-refractivity contribution in [2.75, 3.05) is 0 Å². The van der Waals surface area contributed by atoms with Crippen LogP contribution in [0.25, 0.3) is 0 Å². The van der Waals surface area contributed by atoms with Gasteiger partial charge in [0, 0.05) is 6.42 Å². The number of aryl methyl sites for hydroxylation is 1. The predicted octanol–water partition coefficient (Wildman–Crippen LogP) is 1.66. The maximum Gasteiger partial charge on any atom is 0.313 e. The first kappa shape index (κ1) is 11.1. The molecule has 0 bridgehead atoms. The lowest BCUT2D eigenvalue weighted by Gasteiger charge is -2.09. The van der Waals surface area contributed by atoms with Crippen molar-refractivity contribution in [3.05, 3.63) is 11.7 Å². The maximum atomic E-state index is 11.5. The molecule has 0 amide bonds. The predicted molar refractivity (Wildman–Crippen MR) is 55.7 cm³/mol. The van der Waals surface area contributed by atoms with Crippen LogP contribution in [0.3, 0.4) is 0 Å². The van der Waals surface area contributed by atoms with E-state index in [-0.39, 0.29) is 18.5 Å². The number of ether oxygens (including phenoxy) is 1. The second-order valence-corrected chi connectivity index (χ2v) is 4.03.